The van der Waals surface area contributed by atoms with Crippen molar-refractivity contribution >= 4 is 57.7 Å². The van der Waals surface area contributed by atoms with Gasteiger partial charge in [0.2, 0.25) is 11.8 Å². The second-order valence-electron chi connectivity index (χ2n) is 11.5. The fourth-order valence-corrected chi connectivity index (χ4v) is 7.53. The molecule has 7 rings (SSSR count). The molecule has 2 amide bonds. The molecule has 2 bridgehead atoms. The van der Waals surface area contributed by atoms with Gasteiger partial charge in [-0.3, -0.25) is 14.6 Å². The molecule has 10 nitrogen and oxygen atoms in total. The molecule has 3 aliphatic rings. The number of fused-ring (bicyclic) bond motifs is 6. The minimum absolute atomic E-state index is 0.0219. The lowest BCUT2D eigenvalue weighted by molar-refractivity contribution is -0.127. The Morgan fingerprint density at radius 2 is 2.02 bits per heavy atom. The predicted molar refractivity (Wildman–Crippen MR) is 173 cm³/mol. The fraction of sp³-hybridized carbons (Fsp3) is 0.312. The summed E-state index contributed by atoms with van der Waals surface area (Å²) in [5, 5.41) is 3.46. The van der Waals surface area contributed by atoms with E-state index >= 15 is 4.39 Å². The Labute approximate surface area is 267 Å². The maximum atomic E-state index is 15.6. The highest BCUT2D eigenvalue weighted by atomic mass is 35.5. The molecule has 1 saturated carbocycles. The number of pyridine rings is 2. The molecule has 2 atom stereocenters. The largest absolute Gasteiger partial charge is 0.355 e. The van der Waals surface area contributed by atoms with Crippen LogP contribution in [-0.2, 0) is 9.59 Å². The average molecular weight is 646 g/mol. The second kappa shape index (κ2) is 11.3. The van der Waals surface area contributed by atoms with Gasteiger partial charge in [-0.2, -0.15) is 4.98 Å². The third-order valence-electron chi connectivity index (χ3n) is 8.43. The molecular weight excluding hydrogens is 617 g/mol. The van der Waals surface area contributed by atoms with Gasteiger partial charge in [-0.05, 0) is 42.7 Å². The first-order chi connectivity index (χ1) is 21.7. The highest BCUT2D eigenvalue weighted by Crippen LogP contribution is 2.43. The van der Waals surface area contributed by atoms with Gasteiger partial charge in [0.1, 0.15) is 11.6 Å². The Bertz CT molecular complexity index is 1980. The molecular formula is C32H29ClFN7O3S. The molecule has 45 heavy (non-hydrogen) atoms. The minimum Gasteiger partial charge on any atom is -0.349 e. The first-order valence-electron chi connectivity index (χ1n) is 14.7. The Morgan fingerprint density at radius 3 is 2.80 bits per heavy atom. The van der Waals surface area contributed by atoms with Crippen molar-refractivity contribution in [1.82, 2.24) is 24.4 Å². The van der Waals surface area contributed by atoms with Crippen molar-refractivity contribution in [3.8, 4) is 16.9 Å². The molecule has 2 aliphatic heterocycles. The van der Waals surface area contributed by atoms with Crippen molar-refractivity contribution in [3.05, 3.63) is 76.2 Å². The van der Waals surface area contributed by atoms with Crippen LogP contribution in [0.3, 0.4) is 0 Å². The van der Waals surface area contributed by atoms with Crippen molar-refractivity contribution in [2.75, 3.05) is 29.1 Å². The van der Waals surface area contributed by atoms with E-state index in [1.807, 2.05) is 24.8 Å². The molecule has 4 aromatic rings. The molecule has 2 fully saturated rings. The highest BCUT2D eigenvalue weighted by Gasteiger charge is 2.51. The van der Waals surface area contributed by atoms with Crippen LogP contribution in [0.4, 0.5) is 15.9 Å². The number of thioether (sulfide) groups is 1. The summed E-state index contributed by atoms with van der Waals surface area (Å²) in [4.78, 5) is 58.5. The van der Waals surface area contributed by atoms with Gasteiger partial charge >= 0.3 is 5.69 Å². The van der Waals surface area contributed by atoms with Crippen LogP contribution in [-0.4, -0.2) is 67.2 Å². The lowest BCUT2D eigenvalue weighted by atomic mass is 10.1. The third kappa shape index (κ3) is 4.96. The van der Waals surface area contributed by atoms with Crippen LogP contribution in [0.25, 0.3) is 28.0 Å². The number of benzene rings is 1. The van der Waals surface area contributed by atoms with Gasteiger partial charge < -0.3 is 15.1 Å². The number of carbonyl (C=O) groups excluding carboxylic acids is 2. The number of anilines is 2. The number of amides is 2. The van der Waals surface area contributed by atoms with Gasteiger partial charge in [-0.1, -0.05) is 38.1 Å². The van der Waals surface area contributed by atoms with E-state index in [0.717, 1.165) is 11.3 Å². The Kier molecular flexibility index (Phi) is 7.36. The van der Waals surface area contributed by atoms with E-state index in [9.17, 15) is 14.4 Å². The van der Waals surface area contributed by atoms with Gasteiger partial charge in [-0.25, -0.2) is 18.7 Å². The Balaban J connectivity index is 1.54. The van der Waals surface area contributed by atoms with E-state index in [1.54, 1.807) is 23.2 Å². The van der Waals surface area contributed by atoms with Gasteiger partial charge in [0.25, 0.3) is 0 Å². The molecule has 1 saturated heterocycles. The summed E-state index contributed by atoms with van der Waals surface area (Å²) in [6, 6.07) is 7.80. The standard InChI is InChI=1S/C32H29ClFN7O3S/c1-4-25(43)39-11-12-40(22-15-21(22)39)30-17-14-18(33)28-26-19(34)6-5-7-20(26)36-24(42)9-13-45-23-8-10-35-27(16(2)3)29(23)41(31(17)37-28)32(44)38-30/h4-8,10,14,16,21-22H,1,9,11-13,15H2,2-3H3,(H,36,42)/t21-,22?/m1/s1. The van der Waals surface area contributed by atoms with E-state index < -0.39 is 11.5 Å². The number of carbonyl (C=O) groups is 2. The molecule has 0 radical (unpaired) electrons. The van der Waals surface area contributed by atoms with Crippen molar-refractivity contribution < 1.29 is 14.0 Å². The van der Waals surface area contributed by atoms with Crippen LogP contribution < -0.4 is 15.9 Å². The van der Waals surface area contributed by atoms with Gasteiger partial charge in [0, 0.05) is 36.4 Å². The summed E-state index contributed by atoms with van der Waals surface area (Å²) in [6.45, 7) is 8.47. The SMILES string of the molecule is C=CC(=O)N1CCN(c2nc(=O)n3c4nc(c(Cl)cc24)-c2c(F)cccc2NC(=O)CCSc2ccnc(C(C)C)c2-3)C2C[C@H]21. The first kappa shape index (κ1) is 29.4. The lowest BCUT2D eigenvalue weighted by Crippen LogP contribution is -2.49. The number of hydrogen-bond donors (Lipinski definition) is 1. The van der Waals surface area contributed by atoms with Crippen LogP contribution in [0.15, 0.2) is 58.9 Å². The Morgan fingerprint density at radius 1 is 1.20 bits per heavy atom. The molecule has 3 aromatic heterocycles. The predicted octanol–water partition coefficient (Wildman–Crippen LogP) is 5.17. The molecule has 1 unspecified atom stereocenters. The number of halogens is 2. The summed E-state index contributed by atoms with van der Waals surface area (Å²) in [7, 11) is 0. The summed E-state index contributed by atoms with van der Waals surface area (Å²) < 4.78 is 17.0. The van der Waals surface area contributed by atoms with Crippen LogP contribution in [0.2, 0.25) is 5.02 Å². The van der Waals surface area contributed by atoms with Crippen molar-refractivity contribution in [2.45, 2.75) is 49.6 Å². The molecule has 1 aliphatic carbocycles. The van der Waals surface area contributed by atoms with Gasteiger partial charge in [0.05, 0.1) is 50.8 Å². The molecule has 1 aromatic carbocycles. The van der Waals surface area contributed by atoms with E-state index in [4.69, 9.17) is 16.6 Å². The summed E-state index contributed by atoms with van der Waals surface area (Å²) in [5.41, 5.74) is 1.17. The summed E-state index contributed by atoms with van der Waals surface area (Å²) in [6.07, 6.45) is 3.87. The van der Waals surface area contributed by atoms with E-state index in [2.05, 4.69) is 21.9 Å². The summed E-state index contributed by atoms with van der Waals surface area (Å²) >= 11 is 8.32. The highest BCUT2D eigenvalue weighted by molar-refractivity contribution is 7.99. The van der Waals surface area contributed by atoms with Crippen LogP contribution >= 0.6 is 23.4 Å². The normalized spacial score (nSPS) is 19.2. The van der Waals surface area contributed by atoms with Crippen molar-refractivity contribution in [3.63, 3.8) is 0 Å². The number of aromatic nitrogens is 4. The first-order valence-corrected chi connectivity index (χ1v) is 16.1. The monoisotopic (exact) mass is 645 g/mol. The van der Waals surface area contributed by atoms with Crippen LogP contribution in [0.1, 0.15) is 38.3 Å². The third-order valence-corrected chi connectivity index (χ3v) is 9.77. The quantitative estimate of drug-likeness (QED) is 0.304. The molecule has 5 heterocycles. The number of rotatable bonds is 3. The van der Waals surface area contributed by atoms with E-state index in [0.29, 0.717) is 41.4 Å². The molecule has 0 spiro atoms. The van der Waals surface area contributed by atoms with Crippen molar-refractivity contribution in [2.24, 2.45) is 0 Å². The number of nitrogens with one attached hydrogen (secondary N) is 1. The molecule has 1 N–H and O–H groups in total. The minimum atomic E-state index is -0.622. The zero-order valence-electron chi connectivity index (χ0n) is 24.6. The smallest absolute Gasteiger partial charge is 0.349 e. The maximum absolute atomic E-state index is 15.6. The van der Waals surface area contributed by atoms with Crippen molar-refractivity contribution in [1.29, 1.82) is 0 Å². The lowest BCUT2D eigenvalue weighted by Gasteiger charge is -2.35. The Hall–Kier alpha value is -4.29. The fourth-order valence-electron chi connectivity index (χ4n) is 6.29. The van der Waals surface area contributed by atoms with Crippen LogP contribution in [0.5, 0.6) is 0 Å². The van der Waals surface area contributed by atoms with Gasteiger partial charge in [0.15, 0.2) is 5.65 Å². The zero-order valence-corrected chi connectivity index (χ0v) is 26.2. The second-order valence-corrected chi connectivity index (χ2v) is 13.1. The molecule has 13 heteroatoms. The van der Waals surface area contributed by atoms with E-state index in [-0.39, 0.29) is 63.9 Å². The topological polar surface area (TPSA) is 113 Å². The maximum Gasteiger partial charge on any atom is 0.355 e. The van der Waals surface area contributed by atoms with Gasteiger partial charge in [-0.15, -0.1) is 11.8 Å². The number of hydrogen-bond acceptors (Lipinski definition) is 8. The number of nitrogens with zero attached hydrogens (tertiary/aromatic N) is 6. The van der Waals surface area contributed by atoms with Crippen LogP contribution in [0, 0.1) is 5.82 Å². The zero-order chi connectivity index (χ0) is 31.6. The molecule has 230 valence electrons. The summed E-state index contributed by atoms with van der Waals surface area (Å²) in [5.74, 6) is -0.316. The average Bonchev–Trinajstić information content (AvgIpc) is 3.81. The number of piperazine rings is 1. The van der Waals surface area contributed by atoms with E-state index in [1.165, 1.54) is 34.5 Å².